The van der Waals surface area contributed by atoms with Crippen LogP contribution in [0.25, 0.3) is 0 Å². The van der Waals surface area contributed by atoms with E-state index in [9.17, 15) is 0 Å². The Balaban J connectivity index is 2.67. The van der Waals surface area contributed by atoms with Crippen molar-refractivity contribution in [1.82, 2.24) is 5.32 Å². The van der Waals surface area contributed by atoms with Crippen molar-refractivity contribution < 1.29 is 4.74 Å². The molecule has 1 atom stereocenters. The minimum absolute atomic E-state index is 0.000417. The van der Waals surface area contributed by atoms with Crippen molar-refractivity contribution >= 4 is 0 Å². The number of hydrogen-bond acceptors (Lipinski definition) is 3. The molecule has 1 aliphatic rings. The van der Waals surface area contributed by atoms with Gasteiger partial charge in [0.05, 0.1) is 12.7 Å². The van der Waals surface area contributed by atoms with Gasteiger partial charge in [0.1, 0.15) is 0 Å². The van der Waals surface area contributed by atoms with E-state index in [0.717, 1.165) is 19.7 Å². The molecule has 0 aliphatic carbocycles. The van der Waals surface area contributed by atoms with Gasteiger partial charge in [-0.1, -0.05) is 13.8 Å². The molecular weight excluding hydrogens is 164 g/mol. The minimum atomic E-state index is -0.212. The van der Waals surface area contributed by atoms with Crippen molar-refractivity contribution in [3.05, 3.63) is 0 Å². The summed E-state index contributed by atoms with van der Waals surface area (Å²) in [6.07, 6.45) is 0.223. The van der Waals surface area contributed by atoms with E-state index in [1.165, 1.54) is 0 Å². The van der Waals surface area contributed by atoms with Crippen LogP contribution in [0.15, 0.2) is 0 Å². The normalized spacial score (nSPS) is 26.1. The van der Waals surface area contributed by atoms with Gasteiger partial charge in [-0.2, -0.15) is 0 Å². The van der Waals surface area contributed by atoms with Gasteiger partial charge in [-0.05, 0) is 13.8 Å². The lowest BCUT2D eigenvalue weighted by Gasteiger charge is -2.45. The molecule has 3 heteroatoms. The van der Waals surface area contributed by atoms with Crippen molar-refractivity contribution in [2.24, 2.45) is 11.1 Å². The highest BCUT2D eigenvalue weighted by Gasteiger charge is 2.41. The molecule has 0 amide bonds. The monoisotopic (exact) mass is 186 g/mol. The van der Waals surface area contributed by atoms with Crippen LogP contribution in [0.5, 0.6) is 0 Å². The summed E-state index contributed by atoms with van der Waals surface area (Å²) in [5, 5.41) is 3.33. The van der Waals surface area contributed by atoms with E-state index in [1.807, 2.05) is 0 Å². The topological polar surface area (TPSA) is 47.3 Å². The molecular formula is C10H22N2O. The molecule has 0 saturated carbocycles. The highest BCUT2D eigenvalue weighted by Crippen LogP contribution is 2.34. The Kier molecular flexibility index (Phi) is 3.00. The molecule has 1 heterocycles. The fourth-order valence-electron chi connectivity index (χ4n) is 1.44. The summed E-state index contributed by atoms with van der Waals surface area (Å²) < 4.78 is 5.73. The fourth-order valence-corrected chi connectivity index (χ4v) is 1.44. The zero-order chi connectivity index (χ0) is 10.1. The van der Waals surface area contributed by atoms with Crippen LogP contribution in [-0.4, -0.2) is 31.3 Å². The SMILES string of the molecule is CC(C)(N)C(C)(C)[C@@H]1CNCCO1. The highest BCUT2D eigenvalue weighted by molar-refractivity contribution is 4.97. The molecule has 0 aromatic carbocycles. The van der Waals surface area contributed by atoms with Crippen molar-refractivity contribution in [2.75, 3.05) is 19.7 Å². The van der Waals surface area contributed by atoms with Crippen LogP contribution in [0.1, 0.15) is 27.7 Å². The van der Waals surface area contributed by atoms with Gasteiger partial charge < -0.3 is 15.8 Å². The number of rotatable bonds is 2. The summed E-state index contributed by atoms with van der Waals surface area (Å²) in [5.74, 6) is 0. The van der Waals surface area contributed by atoms with Crippen LogP contribution in [0.2, 0.25) is 0 Å². The van der Waals surface area contributed by atoms with Gasteiger partial charge >= 0.3 is 0 Å². The van der Waals surface area contributed by atoms with Crippen LogP contribution < -0.4 is 11.1 Å². The van der Waals surface area contributed by atoms with Gasteiger partial charge in [0, 0.05) is 24.0 Å². The molecule has 0 bridgehead atoms. The molecule has 0 radical (unpaired) electrons. The molecule has 0 aromatic rings. The van der Waals surface area contributed by atoms with E-state index in [0.29, 0.717) is 0 Å². The third-order valence-corrected chi connectivity index (χ3v) is 3.39. The molecule has 0 unspecified atom stereocenters. The first-order chi connectivity index (χ1) is 5.86. The quantitative estimate of drug-likeness (QED) is 0.668. The maximum absolute atomic E-state index is 6.14. The van der Waals surface area contributed by atoms with E-state index < -0.39 is 0 Å². The summed E-state index contributed by atoms with van der Waals surface area (Å²) in [6, 6.07) is 0. The van der Waals surface area contributed by atoms with Crippen LogP contribution in [-0.2, 0) is 4.74 Å². The molecule has 3 N–H and O–H groups in total. The van der Waals surface area contributed by atoms with Crippen LogP contribution in [0.4, 0.5) is 0 Å². The largest absolute Gasteiger partial charge is 0.375 e. The molecule has 3 nitrogen and oxygen atoms in total. The van der Waals surface area contributed by atoms with Gasteiger partial charge in [-0.3, -0.25) is 0 Å². The Morgan fingerprint density at radius 3 is 2.31 bits per heavy atom. The summed E-state index contributed by atoms with van der Waals surface area (Å²) >= 11 is 0. The number of nitrogens with one attached hydrogen (secondary N) is 1. The Bertz CT molecular complexity index is 166. The third-order valence-electron chi connectivity index (χ3n) is 3.39. The van der Waals surface area contributed by atoms with E-state index in [-0.39, 0.29) is 17.1 Å². The fraction of sp³-hybridized carbons (Fsp3) is 1.00. The lowest BCUT2D eigenvalue weighted by Crippen LogP contribution is -2.58. The predicted octanol–water partition coefficient (Wildman–Crippen LogP) is 0.738. The molecule has 1 aliphatic heterocycles. The van der Waals surface area contributed by atoms with E-state index in [2.05, 4.69) is 33.0 Å². The lowest BCUT2D eigenvalue weighted by atomic mass is 9.71. The average Bonchev–Trinajstić information content (AvgIpc) is 2.04. The summed E-state index contributed by atoms with van der Waals surface area (Å²) in [5.41, 5.74) is 5.93. The van der Waals surface area contributed by atoms with Gasteiger partial charge in [0.15, 0.2) is 0 Å². The van der Waals surface area contributed by atoms with Crippen molar-refractivity contribution in [3.8, 4) is 0 Å². The van der Waals surface area contributed by atoms with Crippen molar-refractivity contribution in [1.29, 1.82) is 0 Å². The standard InChI is InChI=1S/C10H22N2O/c1-9(2,10(3,4)11)8-7-12-5-6-13-8/h8,12H,5-7,11H2,1-4H3/t8-/m0/s1. The van der Waals surface area contributed by atoms with Gasteiger partial charge in [0.25, 0.3) is 0 Å². The molecule has 1 rings (SSSR count). The number of ether oxygens (including phenoxy) is 1. The lowest BCUT2D eigenvalue weighted by molar-refractivity contribution is -0.0690. The summed E-state index contributed by atoms with van der Waals surface area (Å²) in [7, 11) is 0. The van der Waals surface area contributed by atoms with Crippen molar-refractivity contribution in [2.45, 2.75) is 39.3 Å². The molecule has 13 heavy (non-hydrogen) atoms. The maximum Gasteiger partial charge on any atom is 0.0768 e. The van der Waals surface area contributed by atoms with Crippen molar-refractivity contribution in [3.63, 3.8) is 0 Å². The Hall–Kier alpha value is -0.120. The summed E-state index contributed by atoms with van der Waals surface area (Å²) in [4.78, 5) is 0. The Morgan fingerprint density at radius 2 is 1.92 bits per heavy atom. The predicted molar refractivity (Wildman–Crippen MR) is 54.7 cm³/mol. The maximum atomic E-state index is 6.14. The second kappa shape index (κ2) is 3.56. The van der Waals surface area contributed by atoms with E-state index >= 15 is 0 Å². The zero-order valence-corrected chi connectivity index (χ0v) is 9.18. The average molecular weight is 186 g/mol. The Labute approximate surface area is 81.0 Å². The Morgan fingerprint density at radius 1 is 1.31 bits per heavy atom. The van der Waals surface area contributed by atoms with Crippen LogP contribution in [0.3, 0.4) is 0 Å². The van der Waals surface area contributed by atoms with E-state index in [1.54, 1.807) is 0 Å². The van der Waals surface area contributed by atoms with Crippen LogP contribution in [0, 0.1) is 5.41 Å². The number of morpholine rings is 1. The second-order valence-corrected chi connectivity index (χ2v) is 5.01. The molecule has 0 spiro atoms. The first kappa shape index (κ1) is 11.0. The van der Waals surface area contributed by atoms with Gasteiger partial charge in [-0.15, -0.1) is 0 Å². The molecule has 0 aromatic heterocycles. The van der Waals surface area contributed by atoms with Gasteiger partial charge in [0.2, 0.25) is 0 Å². The number of hydrogen-bond donors (Lipinski definition) is 2. The van der Waals surface area contributed by atoms with Gasteiger partial charge in [-0.25, -0.2) is 0 Å². The zero-order valence-electron chi connectivity index (χ0n) is 9.18. The second-order valence-electron chi connectivity index (χ2n) is 5.01. The van der Waals surface area contributed by atoms with E-state index in [4.69, 9.17) is 10.5 Å². The molecule has 1 fully saturated rings. The highest BCUT2D eigenvalue weighted by atomic mass is 16.5. The number of nitrogens with two attached hydrogens (primary N) is 1. The first-order valence-electron chi connectivity index (χ1n) is 4.97. The molecule has 1 saturated heterocycles. The molecule has 78 valence electrons. The smallest absolute Gasteiger partial charge is 0.0768 e. The third kappa shape index (κ3) is 2.22. The minimum Gasteiger partial charge on any atom is -0.375 e. The first-order valence-corrected chi connectivity index (χ1v) is 4.97. The summed E-state index contributed by atoms with van der Waals surface area (Å²) in [6.45, 7) is 11.1. The van der Waals surface area contributed by atoms with Crippen LogP contribution >= 0.6 is 0 Å².